The van der Waals surface area contributed by atoms with Crippen LogP contribution in [0.15, 0.2) is 29.2 Å². The van der Waals surface area contributed by atoms with Crippen molar-refractivity contribution in [3.63, 3.8) is 0 Å². The Kier molecular flexibility index (Phi) is 4.65. The summed E-state index contributed by atoms with van der Waals surface area (Å²) >= 11 is 0. The molecule has 0 atom stereocenters. The van der Waals surface area contributed by atoms with E-state index < -0.39 is 10.1 Å². The summed E-state index contributed by atoms with van der Waals surface area (Å²) in [5.41, 5.74) is 0.551. The van der Waals surface area contributed by atoms with Gasteiger partial charge in [0.05, 0.1) is 4.90 Å². The van der Waals surface area contributed by atoms with Gasteiger partial charge in [0.2, 0.25) is 0 Å². The SMILES string of the molecule is Cc1ccccc1S(=O)(=O)O.[La]. The molecule has 1 N–H and O–H groups in total. The first kappa shape index (κ1) is 12.3. The molecule has 0 fully saturated rings. The van der Waals surface area contributed by atoms with Crippen molar-refractivity contribution in [3.8, 4) is 0 Å². The Bertz CT molecular complexity index is 359. The second-order valence-electron chi connectivity index (χ2n) is 2.24. The van der Waals surface area contributed by atoms with Crippen LogP contribution in [-0.2, 0) is 10.1 Å². The van der Waals surface area contributed by atoms with E-state index in [1.165, 1.54) is 6.07 Å². The normalized spacial score (nSPS) is 10.5. The van der Waals surface area contributed by atoms with Gasteiger partial charge in [-0.2, -0.15) is 8.42 Å². The van der Waals surface area contributed by atoms with Gasteiger partial charge in [0.15, 0.2) is 0 Å². The van der Waals surface area contributed by atoms with Crippen molar-refractivity contribution in [1.29, 1.82) is 0 Å². The fourth-order valence-corrected chi connectivity index (χ4v) is 1.57. The van der Waals surface area contributed by atoms with Gasteiger partial charge in [0, 0.05) is 35.6 Å². The molecule has 5 heteroatoms. The first-order chi connectivity index (χ1) is 5.02. The van der Waals surface area contributed by atoms with E-state index in [0.29, 0.717) is 5.56 Å². The molecule has 1 aromatic carbocycles. The molecule has 0 bridgehead atoms. The summed E-state index contributed by atoms with van der Waals surface area (Å²) in [5, 5.41) is 0. The van der Waals surface area contributed by atoms with Crippen molar-refractivity contribution in [3.05, 3.63) is 29.8 Å². The molecule has 0 aliphatic heterocycles. The van der Waals surface area contributed by atoms with E-state index in [9.17, 15) is 8.42 Å². The molecule has 0 aromatic heterocycles. The Balaban J connectivity index is 0.00000121. The minimum atomic E-state index is -4.03. The zero-order valence-electron chi connectivity index (χ0n) is 6.56. The van der Waals surface area contributed by atoms with Gasteiger partial charge in [-0.05, 0) is 18.6 Å². The Morgan fingerprint density at radius 1 is 1.25 bits per heavy atom. The van der Waals surface area contributed by atoms with E-state index in [-0.39, 0.29) is 40.5 Å². The molecule has 1 aromatic rings. The van der Waals surface area contributed by atoms with E-state index in [0.717, 1.165) is 0 Å². The summed E-state index contributed by atoms with van der Waals surface area (Å²) in [6, 6.07) is 6.27. The molecule has 1 rings (SSSR count). The first-order valence-corrected chi connectivity index (χ1v) is 4.49. The van der Waals surface area contributed by atoms with Crippen molar-refractivity contribution >= 4 is 10.1 Å². The maximum absolute atomic E-state index is 10.6. The molecule has 0 unspecified atom stereocenters. The number of aryl methyl sites for hydroxylation is 1. The average molecular weight is 311 g/mol. The van der Waals surface area contributed by atoms with Crippen LogP contribution in [0.4, 0.5) is 0 Å². The summed E-state index contributed by atoms with van der Waals surface area (Å²) in [6.07, 6.45) is 0. The van der Waals surface area contributed by atoms with E-state index in [1.807, 2.05) is 0 Å². The predicted octanol–water partition coefficient (Wildman–Crippen LogP) is 1.24. The smallest absolute Gasteiger partial charge is 0.282 e. The Labute approximate surface area is 99.5 Å². The van der Waals surface area contributed by atoms with Crippen molar-refractivity contribution in [2.45, 2.75) is 11.8 Å². The summed E-state index contributed by atoms with van der Waals surface area (Å²) in [5.74, 6) is 0. The summed E-state index contributed by atoms with van der Waals surface area (Å²) in [4.78, 5) is -0.0278. The predicted molar refractivity (Wildman–Crippen MR) is 41.0 cm³/mol. The molecule has 3 nitrogen and oxygen atoms in total. The molecular formula is C7H8LaO3S. The van der Waals surface area contributed by atoms with Gasteiger partial charge in [0.1, 0.15) is 0 Å². The monoisotopic (exact) mass is 311 g/mol. The topological polar surface area (TPSA) is 54.4 Å². The second-order valence-corrected chi connectivity index (χ2v) is 3.63. The Hall–Kier alpha value is 0.325. The maximum atomic E-state index is 10.6. The molecule has 0 aliphatic carbocycles. The Morgan fingerprint density at radius 2 is 1.75 bits per heavy atom. The number of hydrogen-bond acceptors (Lipinski definition) is 2. The van der Waals surface area contributed by atoms with Crippen LogP contribution in [0.25, 0.3) is 0 Å². The largest absolute Gasteiger partial charge is 0.294 e. The van der Waals surface area contributed by atoms with Gasteiger partial charge < -0.3 is 0 Å². The van der Waals surface area contributed by atoms with Crippen LogP contribution in [-0.4, -0.2) is 13.0 Å². The molecule has 1 radical (unpaired) electrons. The molecule has 0 amide bonds. The molecule has 0 heterocycles. The second kappa shape index (κ2) is 4.53. The third-order valence-electron chi connectivity index (χ3n) is 1.37. The van der Waals surface area contributed by atoms with E-state index in [4.69, 9.17) is 4.55 Å². The summed E-state index contributed by atoms with van der Waals surface area (Å²) < 4.78 is 29.9. The van der Waals surface area contributed by atoms with Gasteiger partial charge >= 0.3 is 0 Å². The molecule has 0 saturated carbocycles. The van der Waals surface area contributed by atoms with Crippen LogP contribution >= 0.6 is 0 Å². The van der Waals surface area contributed by atoms with Crippen molar-refractivity contribution in [2.75, 3.05) is 0 Å². The van der Waals surface area contributed by atoms with Gasteiger partial charge in [-0.1, -0.05) is 18.2 Å². The Morgan fingerprint density at radius 3 is 2.08 bits per heavy atom. The van der Waals surface area contributed by atoms with Crippen LogP contribution in [0.2, 0.25) is 0 Å². The quantitative estimate of drug-likeness (QED) is 0.794. The third-order valence-corrected chi connectivity index (χ3v) is 2.39. The molecule has 0 spiro atoms. The minimum absolute atomic E-state index is 0. The standard InChI is InChI=1S/C7H8O3S.La/c1-6-4-2-3-5-7(6)11(8,9)10;/h2-5H,1H3,(H,8,9,10);. The van der Waals surface area contributed by atoms with Crippen LogP contribution in [0.3, 0.4) is 0 Å². The fourth-order valence-electron chi connectivity index (χ4n) is 0.846. The van der Waals surface area contributed by atoms with Crippen molar-refractivity contribution in [1.82, 2.24) is 0 Å². The van der Waals surface area contributed by atoms with E-state index in [2.05, 4.69) is 0 Å². The summed E-state index contributed by atoms with van der Waals surface area (Å²) in [6.45, 7) is 1.63. The third kappa shape index (κ3) is 2.99. The molecule has 63 valence electrons. The molecule has 0 aliphatic rings. The van der Waals surface area contributed by atoms with Crippen LogP contribution in [0, 0.1) is 42.5 Å². The van der Waals surface area contributed by atoms with Crippen LogP contribution in [0.5, 0.6) is 0 Å². The number of hydrogen-bond donors (Lipinski definition) is 1. The maximum Gasteiger partial charge on any atom is 0.294 e. The average Bonchev–Trinajstić information content (AvgIpc) is 1.86. The zero-order valence-corrected chi connectivity index (χ0v) is 11.0. The fraction of sp³-hybridized carbons (Fsp3) is 0.143. The zero-order chi connectivity index (χ0) is 8.48. The van der Waals surface area contributed by atoms with Gasteiger partial charge in [-0.3, -0.25) is 4.55 Å². The van der Waals surface area contributed by atoms with Crippen LogP contribution in [0.1, 0.15) is 5.56 Å². The summed E-state index contributed by atoms with van der Waals surface area (Å²) in [7, 11) is -4.03. The van der Waals surface area contributed by atoms with Gasteiger partial charge in [0.25, 0.3) is 10.1 Å². The number of rotatable bonds is 1. The molecule has 12 heavy (non-hydrogen) atoms. The molecule has 0 saturated heterocycles. The van der Waals surface area contributed by atoms with Crippen molar-refractivity contribution in [2.24, 2.45) is 0 Å². The van der Waals surface area contributed by atoms with Crippen molar-refractivity contribution < 1.29 is 48.6 Å². The van der Waals surface area contributed by atoms with Gasteiger partial charge in [-0.25, -0.2) is 0 Å². The van der Waals surface area contributed by atoms with E-state index in [1.54, 1.807) is 25.1 Å². The van der Waals surface area contributed by atoms with E-state index >= 15 is 0 Å². The van der Waals surface area contributed by atoms with Gasteiger partial charge in [-0.15, -0.1) is 0 Å². The molecular weight excluding hydrogens is 303 g/mol. The number of benzene rings is 1. The van der Waals surface area contributed by atoms with Crippen LogP contribution < -0.4 is 0 Å². The first-order valence-electron chi connectivity index (χ1n) is 3.05. The minimum Gasteiger partial charge on any atom is -0.282 e.